The number of fused-ring (bicyclic) bond motifs is 1. The van der Waals surface area contributed by atoms with E-state index in [-0.39, 0.29) is 25.0 Å². The van der Waals surface area contributed by atoms with Gasteiger partial charge in [-0.3, -0.25) is 19.3 Å². The minimum Gasteiger partial charge on any atom is -0.497 e. The summed E-state index contributed by atoms with van der Waals surface area (Å²) in [5, 5.41) is 2.77. The number of carbonyl (C=O) groups is 3. The van der Waals surface area contributed by atoms with Crippen molar-refractivity contribution in [2.24, 2.45) is 0 Å². The van der Waals surface area contributed by atoms with Crippen molar-refractivity contribution < 1.29 is 28.6 Å². The Morgan fingerprint density at radius 1 is 1.00 bits per heavy atom. The van der Waals surface area contributed by atoms with E-state index in [0.29, 0.717) is 34.2 Å². The number of ether oxygens (including phenoxy) is 3. The summed E-state index contributed by atoms with van der Waals surface area (Å²) < 4.78 is 16.0. The van der Waals surface area contributed by atoms with E-state index in [4.69, 9.17) is 14.2 Å². The van der Waals surface area contributed by atoms with Crippen LogP contribution in [0.3, 0.4) is 0 Å². The highest BCUT2D eigenvalue weighted by atomic mass is 16.5. The van der Waals surface area contributed by atoms with Crippen LogP contribution in [0.25, 0.3) is 0 Å². The van der Waals surface area contributed by atoms with E-state index in [1.165, 1.54) is 19.1 Å². The largest absolute Gasteiger partial charge is 0.497 e. The number of nitrogens with one attached hydrogen (secondary N) is 1. The molecule has 2 aromatic rings. The van der Waals surface area contributed by atoms with Crippen molar-refractivity contribution in [1.82, 2.24) is 4.90 Å². The fourth-order valence-electron chi connectivity index (χ4n) is 4.01. The molecule has 0 atom stereocenters. The number of likely N-dealkylation sites (tertiary alicyclic amines) is 1. The lowest BCUT2D eigenvalue weighted by molar-refractivity contribution is -0.123. The summed E-state index contributed by atoms with van der Waals surface area (Å²) in [6.07, 6.45) is 3.09. The van der Waals surface area contributed by atoms with Crippen molar-refractivity contribution in [2.75, 3.05) is 50.7 Å². The van der Waals surface area contributed by atoms with Crippen LogP contribution in [0, 0.1) is 0 Å². The van der Waals surface area contributed by atoms with Crippen molar-refractivity contribution in [3.05, 3.63) is 42.0 Å². The van der Waals surface area contributed by atoms with Crippen LogP contribution < -0.4 is 24.4 Å². The van der Waals surface area contributed by atoms with Gasteiger partial charge in [0.1, 0.15) is 23.8 Å². The molecule has 0 bridgehead atoms. The van der Waals surface area contributed by atoms with E-state index in [1.807, 2.05) is 4.90 Å². The molecule has 3 amide bonds. The highest BCUT2D eigenvalue weighted by molar-refractivity contribution is 6.06. The molecule has 0 spiro atoms. The van der Waals surface area contributed by atoms with Crippen LogP contribution in [-0.4, -0.2) is 63.1 Å². The number of anilines is 2. The molecular weight excluding hydrogens is 426 g/mol. The third-order valence-electron chi connectivity index (χ3n) is 5.73. The summed E-state index contributed by atoms with van der Waals surface area (Å²) in [7, 11) is 3.04. The predicted octanol–water partition coefficient (Wildman–Crippen LogP) is 2.69. The number of methoxy groups -OCH3 is 2. The van der Waals surface area contributed by atoms with Crippen molar-refractivity contribution >= 4 is 29.1 Å². The summed E-state index contributed by atoms with van der Waals surface area (Å²) in [5.74, 6) is 0.670. The van der Waals surface area contributed by atoms with Gasteiger partial charge < -0.3 is 24.4 Å². The minimum atomic E-state index is -0.403. The van der Waals surface area contributed by atoms with Crippen LogP contribution in [0.5, 0.6) is 17.2 Å². The summed E-state index contributed by atoms with van der Waals surface area (Å²) in [5.41, 5.74) is 1.36. The molecule has 4 rings (SSSR count). The van der Waals surface area contributed by atoms with Gasteiger partial charge in [-0.05, 0) is 37.5 Å². The van der Waals surface area contributed by atoms with Crippen LogP contribution in [-0.2, 0) is 9.59 Å². The van der Waals surface area contributed by atoms with Crippen molar-refractivity contribution in [3.63, 3.8) is 0 Å². The highest BCUT2D eigenvalue weighted by Crippen LogP contribution is 2.34. The highest BCUT2D eigenvalue weighted by Gasteiger charge is 2.29. The molecule has 0 aliphatic carbocycles. The zero-order valence-corrected chi connectivity index (χ0v) is 18.8. The van der Waals surface area contributed by atoms with E-state index in [1.54, 1.807) is 36.4 Å². The van der Waals surface area contributed by atoms with Gasteiger partial charge in [-0.25, -0.2) is 0 Å². The lowest BCUT2D eigenvalue weighted by Gasteiger charge is -2.30. The molecule has 0 unspecified atom stereocenters. The maximum absolute atomic E-state index is 12.9. The Kier molecular flexibility index (Phi) is 6.67. The van der Waals surface area contributed by atoms with Gasteiger partial charge in [0.05, 0.1) is 19.9 Å². The molecular formula is C24H27N3O6. The molecule has 2 aromatic carbocycles. The second-order valence-corrected chi connectivity index (χ2v) is 7.95. The number of nitrogens with zero attached hydrogens (tertiary/aromatic N) is 2. The number of hydrogen-bond donors (Lipinski definition) is 1. The molecule has 2 heterocycles. The average molecular weight is 453 g/mol. The van der Waals surface area contributed by atoms with Crippen molar-refractivity contribution in [3.8, 4) is 17.2 Å². The van der Waals surface area contributed by atoms with Crippen LogP contribution in [0.2, 0.25) is 0 Å². The Morgan fingerprint density at radius 2 is 1.70 bits per heavy atom. The van der Waals surface area contributed by atoms with E-state index in [0.717, 1.165) is 32.4 Å². The number of piperidine rings is 1. The molecule has 0 saturated carbocycles. The lowest BCUT2D eigenvalue weighted by Crippen LogP contribution is -2.43. The Labute approximate surface area is 192 Å². The van der Waals surface area contributed by atoms with Gasteiger partial charge in [-0.2, -0.15) is 0 Å². The number of benzene rings is 2. The van der Waals surface area contributed by atoms with Gasteiger partial charge in [-0.1, -0.05) is 0 Å². The molecule has 9 heteroatoms. The van der Waals surface area contributed by atoms with Crippen LogP contribution in [0.15, 0.2) is 36.4 Å². The van der Waals surface area contributed by atoms with E-state index in [9.17, 15) is 14.4 Å². The predicted molar refractivity (Wildman–Crippen MR) is 122 cm³/mol. The zero-order valence-electron chi connectivity index (χ0n) is 18.8. The molecule has 0 aromatic heterocycles. The molecule has 2 aliphatic heterocycles. The fourth-order valence-corrected chi connectivity index (χ4v) is 4.01. The third kappa shape index (κ3) is 5.02. The molecule has 1 saturated heterocycles. The van der Waals surface area contributed by atoms with E-state index < -0.39 is 5.91 Å². The maximum atomic E-state index is 12.9. The second kappa shape index (κ2) is 9.81. The molecule has 0 radical (unpaired) electrons. The van der Waals surface area contributed by atoms with Crippen LogP contribution in [0.4, 0.5) is 11.4 Å². The van der Waals surface area contributed by atoms with Gasteiger partial charge in [0.25, 0.3) is 11.8 Å². The van der Waals surface area contributed by atoms with Gasteiger partial charge in [0.2, 0.25) is 5.91 Å². The Hall–Kier alpha value is -3.75. The minimum absolute atomic E-state index is 0.0802. The number of amides is 3. The molecule has 9 nitrogen and oxygen atoms in total. The Morgan fingerprint density at radius 3 is 2.36 bits per heavy atom. The monoisotopic (exact) mass is 453 g/mol. The maximum Gasteiger partial charge on any atom is 0.265 e. The Bertz CT molecular complexity index is 1040. The zero-order chi connectivity index (χ0) is 23.4. The summed E-state index contributed by atoms with van der Waals surface area (Å²) in [6, 6.07) is 10.0. The summed E-state index contributed by atoms with van der Waals surface area (Å²) >= 11 is 0. The molecule has 1 fully saturated rings. The Balaban J connectivity index is 1.53. The fraction of sp³-hybridized carbons (Fsp3) is 0.375. The average Bonchev–Trinajstić information content (AvgIpc) is 2.85. The van der Waals surface area contributed by atoms with Crippen LogP contribution >= 0.6 is 0 Å². The quantitative estimate of drug-likeness (QED) is 0.722. The lowest BCUT2D eigenvalue weighted by atomic mass is 10.1. The number of hydrogen-bond acceptors (Lipinski definition) is 6. The first-order valence-corrected chi connectivity index (χ1v) is 10.9. The first kappa shape index (κ1) is 22.4. The smallest absolute Gasteiger partial charge is 0.265 e. The van der Waals surface area contributed by atoms with Gasteiger partial charge in [-0.15, -0.1) is 0 Å². The van der Waals surface area contributed by atoms with E-state index in [2.05, 4.69) is 5.32 Å². The SMILES string of the molecule is COc1cc(NC(=O)CN2C(=O)COc3ccc(C(=O)N4CCCCC4)cc32)cc(OC)c1. The molecule has 33 heavy (non-hydrogen) atoms. The standard InChI is InChI=1S/C24H27N3O6/c1-31-18-11-17(12-19(13-18)32-2)25-22(28)14-27-20-10-16(6-7-21(20)33-15-23(27)29)24(30)26-8-4-3-5-9-26/h6-7,10-13H,3-5,8-9,14-15H2,1-2H3,(H,25,28). The van der Waals surface area contributed by atoms with Gasteiger partial charge >= 0.3 is 0 Å². The first-order valence-electron chi connectivity index (χ1n) is 10.9. The topological polar surface area (TPSA) is 97.4 Å². The van der Waals surface area contributed by atoms with E-state index >= 15 is 0 Å². The summed E-state index contributed by atoms with van der Waals surface area (Å²) in [6.45, 7) is 1.05. The first-order chi connectivity index (χ1) is 16.0. The molecule has 2 aliphatic rings. The molecule has 1 N–H and O–H groups in total. The normalized spacial score (nSPS) is 15.4. The summed E-state index contributed by atoms with van der Waals surface area (Å²) in [4.78, 5) is 41.5. The van der Waals surface area contributed by atoms with Crippen molar-refractivity contribution in [2.45, 2.75) is 19.3 Å². The number of carbonyl (C=O) groups excluding carboxylic acids is 3. The molecule has 174 valence electrons. The van der Waals surface area contributed by atoms with Gasteiger partial charge in [0.15, 0.2) is 6.61 Å². The second-order valence-electron chi connectivity index (χ2n) is 7.95. The van der Waals surface area contributed by atoms with Gasteiger partial charge in [0, 0.05) is 42.5 Å². The van der Waals surface area contributed by atoms with Crippen LogP contribution in [0.1, 0.15) is 29.6 Å². The number of rotatable bonds is 6. The third-order valence-corrected chi connectivity index (χ3v) is 5.73. The van der Waals surface area contributed by atoms with Crippen molar-refractivity contribution in [1.29, 1.82) is 0 Å².